The van der Waals surface area contributed by atoms with Crippen molar-refractivity contribution in [1.82, 2.24) is 19.5 Å². The van der Waals surface area contributed by atoms with Crippen LogP contribution in [0.5, 0.6) is 5.75 Å². The molecular formula is C23H21FN6O2. The van der Waals surface area contributed by atoms with Crippen LogP contribution in [0.1, 0.15) is 18.9 Å². The summed E-state index contributed by atoms with van der Waals surface area (Å²) in [4.78, 5) is 27.8. The number of fused-ring (bicyclic) bond motifs is 2. The van der Waals surface area contributed by atoms with E-state index in [0.717, 1.165) is 17.7 Å². The van der Waals surface area contributed by atoms with E-state index in [1.807, 2.05) is 31.2 Å². The lowest BCUT2D eigenvalue weighted by atomic mass is 10.1. The quantitative estimate of drug-likeness (QED) is 0.500. The molecular weight excluding hydrogens is 411 g/mol. The molecule has 9 heteroatoms. The first-order valence-corrected chi connectivity index (χ1v) is 10.4. The maximum Gasteiger partial charge on any atom is 0.247 e. The molecule has 0 fully saturated rings. The molecule has 0 saturated carbocycles. The van der Waals surface area contributed by atoms with E-state index in [4.69, 9.17) is 4.74 Å². The van der Waals surface area contributed by atoms with E-state index in [0.29, 0.717) is 41.6 Å². The summed E-state index contributed by atoms with van der Waals surface area (Å²) >= 11 is 0. The maximum atomic E-state index is 13.8. The van der Waals surface area contributed by atoms with Gasteiger partial charge in [-0.25, -0.2) is 14.4 Å². The molecule has 32 heavy (non-hydrogen) atoms. The number of hydrogen-bond acceptors (Lipinski definition) is 6. The van der Waals surface area contributed by atoms with Crippen LogP contribution in [0.2, 0.25) is 0 Å². The number of rotatable bonds is 6. The van der Waals surface area contributed by atoms with Gasteiger partial charge < -0.3 is 10.1 Å². The molecule has 1 amide bonds. The molecule has 0 spiro atoms. The third kappa shape index (κ3) is 3.62. The predicted molar refractivity (Wildman–Crippen MR) is 119 cm³/mol. The number of nitrogens with one attached hydrogen (secondary N) is 1. The van der Waals surface area contributed by atoms with Gasteiger partial charge in [-0.05, 0) is 24.6 Å². The molecule has 5 rings (SSSR count). The summed E-state index contributed by atoms with van der Waals surface area (Å²) in [6.07, 6.45) is 4.06. The average molecular weight is 432 g/mol. The zero-order valence-corrected chi connectivity index (χ0v) is 17.5. The first-order valence-electron chi connectivity index (χ1n) is 10.4. The van der Waals surface area contributed by atoms with E-state index in [-0.39, 0.29) is 18.3 Å². The molecule has 2 aromatic carbocycles. The normalized spacial score (nSPS) is 13.2. The van der Waals surface area contributed by atoms with Gasteiger partial charge in [0.2, 0.25) is 11.9 Å². The van der Waals surface area contributed by atoms with E-state index in [9.17, 15) is 9.18 Å². The van der Waals surface area contributed by atoms with Gasteiger partial charge in [-0.15, -0.1) is 0 Å². The lowest BCUT2D eigenvalue weighted by molar-refractivity contribution is -0.117. The highest BCUT2D eigenvalue weighted by Crippen LogP contribution is 2.31. The Morgan fingerprint density at radius 2 is 2.06 bits per heavy atom. The minimum Gasteiger partial charge on any atom is -0.493 e. The Morgan fingerprint density at radius 1 is 1.19 bits per heavy atom. The summed E-state index contributed by atoms with van der Waals surface area (Å²) in [5, 5.41) is 3.06. The largest absolute Gasteiger partial charge is 0.493 e. The molecule has 4 aromatic rings. The third-order valence-electron chi connectivity index (χ3n) is 5.23. The fraction of sp³-hybridized carbons (Fsp3) is 0.217. The molecule has 1 N–H and O–H groups in total. The van der Waals surface area contributed by atoms with Crippen molar-refractivity contribution >= 4 is 28.4 Å². The van der Waals surface area contributed by atoms with Crippen LogP contribution in [-0.2, 0) is 11.3 Å². The molecule has 8 nitrogen and oxygen atoms in total. The Bertz CT molecular complexity index is 1300. The minimum atomic E-state index is -0.376. The highest BCUT2D eigenvalue weighted by molar-refractivity contribution is 6.01. The van der Waals surface area contributed by atoms with Gasteiger partial charge in [0, 0.05) is 11.6 Å². The fourth-order valence-corrected chi connectivity index (χ4v) is 3.66. The second-order valence-corrected chi connectivity index (χ2v) is 7.44. The third-order valence-corrected chi connectivity index (χ3v) is 5.23. The van der Waals surface area contributed by atoms with Gasteiger partial charge in [0.1, 0.15) is 17.9 Å². The predicted octanol–water partition coefficient (Wildman–Crippen LogP) is 3.70. The van der Waals surface area contributed by atoms with Gasteiger partial charge in [-0.1, -0.05) is 25.1 Å². The van der Waals surface area contributed by atoms with Gasteiger partial charge in [-0.2, -0.15) is 4.98 Å². The highest BCUT2D eigenvalue weighted by Gasteiger charge is 2.27. The molecule has 1 aliphatic heterocycles. The van der Waals surface area contributed by atoms with E-state index >= 15 is 0 Å². The van der Waals surface area contributed by atoms with Crippen molar-refractivity contribution in [3.05, 3.63) is 66.4 Å². The molecule has 0 bridgehead atoms. The van der Waals surface area contributed by atoms with Crippen LogP contribution in [-0.4, -0.2) is 38.6 Å². The van der Waals surface area contributed by atoms with Crippen molar-refractivity contribution in [1.29, 1.82) is 0 Å². The summed E-state index contributed by atoms with van der Waals surface area (Å²) in [6, 6.07) is 12.0. The Balaban J connectivity index is 1.54. The monoisotopic (exact) mass is 432 g/mol. The number of hydrogen-bond donors (Lipinski definition) is 1. The Hall–Kier alpha value is -4.01. The number of benzene rings is 2. The first kappa shape index (κ1) is 19.9. The summed E-state index contributed by atoms with van der Waals surface area (Å²) in [5.74, 6) is 1.00. The second-order valence-electron chi connectivity index (χ2n) is 7.44. The van der Waals surface area contributed by atoms with Crippen LogP contribution in [0.15, 0.2) is 55.0 Å². The molecule has 0 saturated heterocycles. The second kappa shape index (κ2) is 8.26. The van der Waals surface area contributed by atoms with E-state index in [1.165, 1.54) is 12.1 Å². The lowest BCUT2D eigenvalue weighted by Crippen LogP contribution is -2.40. The Labute approximate surface area is 183 Å². The number of para-hydroxylation sites is 1. The SMILES string of the molecule is CCCOc1ccccc1CN1C(=O)CNc2cnc(-n3cnc4ccc(F)cc43)nc21. The van der Waals surface area contributed by atoms with Crippen molar-refractivity contribution in [2.45, 2.75) is 19.9 Å². The Kier molecular flexibility index (Phi) is 5.14. The number of imidazole rings is 1. The number of amides is 1. The van der Waals surface area contributed by atoms with Crippen molar-refractivity contribution in [2.75, 3.05) is 23.4 Å². The van der Waals surface area contributed by atoms with E-state index < -0.39 is 0 Å². The molecule has 162 valence electrons. The van der Waals surface area contributed by atoms with Crippen molar-refractivity contribution in [3.8, 4) is 11.7 Å². The highest BCUT2D eigenvalue weighted by atomic mass is 19.1. The van der Waals surface area contributed by atoms with Gasteiger partial charge in [-0.3, -0.25) is 14.3 Å². The first-order chi connectivity index (χ1) is 15.6. The minimum absolute atomic E-state index is 0.117. The zero-order valence-electron chi connectivity index (χ0n) is 17.5. The van der Waals surface area contributed by atoms with Gasteiger partial charge >= 0.3 is 0 Å². The fourth-order valence-electron chi connectivity index (χ4n) is 3.66. The van der Waals surface area contributed by atoms with Crippen molar-refractivity contribution in [2.24, 2.45) is 0 Å². The van der Waals surface area contributed by atoms with Crippen LogP contribution in [0.4, 0.5) is 15.9 Å². The number of aromatic nitrogens is 4. The Morgan fingerprint density at radius 3 is 2.94 bits per heavy atom. The molecule has 0 aliphatic carbocycles. The standard InChI is InChI=1S/C23H21FN6O2/c1-2-9-32-20-6-4-3-5-15(20)13-29-21(31)12-25-18-11-26-23(28-22(18)29)30-14-27-17-8-7-16(24)10-19(17)30/h3-8,10-11,14,25H,2,9,12-13H2,1H3. The van der Waals surface area contributed by atoms with Crippen LogP contribution in [0.3, 0.4) is 0 Å². The van der Waals surface area contributed by atoms with Crippen LogP contribution in [0.25, 0.3) is 17.0 Å². The molecule has 0 atom stereocenters. The topological polar surface area (TPSA) is 85.2 Å². The molecule has 3 heterocycles. The summed E-state index contributed by atoms with van der Waals surface area (Å²) < 4.78 is 21.3. The van der Waals surface area contributed by atoms with Gasteiger partial charge in [0.25, 0.3) is 0 Å². The summed E-state index contributed by atoms with van der Waals surface area (Å²) in [5.41, 5.74) is 2.71. The molecule has 1 aliphatic rings. The van der Waals surface area contributed by atoms with Crippen LogP contribution in [0, 0.1) is 5.82 Å². The maximum absolute atomic E-state index is 13.8. The number of nitrogens with zero attached hydrogens (tertiary/aromatic N) is 5. The van der Waals surface area contributed by atoms with Crippen LogP contribution < -0.4 is 15.0 Å². The molecule has 2 aromatic heterocycles. The zero-order chi connectivity index (χ0) is 22.1. The number of anilines is 2. The van der Waals surface area contributed by atoms with Crippen molar-refractivity contribution < 1.29 is 13.9 Å². The van der Waals surface area contributed by atoms with Crippen molar-refractivity contribution in [3.63, 3.8) is 0 Å². The molecule has 0 radical (unpaired) electrons. The number of halogens is 1. The average Bonchev–Trinajstić information content (AvgIpc) is 3.23. The van der Waals surface area contributed by atoms with E-state index in [2.05, 4.69) is 20.3 Å². The van der Waals surface area contributed by atoms with Gasteiger partial charge in [0.05, 0.1) is 42.6 Å². The number of carbonyl (C=O) groups excluding carboxylic acids is 1. The number of carbonyl (C=O) groups is 1. The number of ether oxygens (including phenoxy) is 1. The van der Waals surface area contributed by atoms with Crippen LogP contribution >= 0.6 is 0 Å². The smallest absolute Gasteiger partial charge is 0.247 e. The lowest BCUT2D eigenvalue weighted by Gasteiger charge is -2.29. The summed E-state index contributed by atoms with van der Waals surface area (Å²) in [7, 11) is 0. The molecule has 0 unspecified atom stereocenters. The summed E-state index contributed by atoms with van der Waals surface area (Å²) in [6.45, 7) is 3.10. The van der Waals surface area contributed by atoms with E-state index in [1.54, 1.807) is 28.1 Å². The van der Waals surface area contributed by atoms with Gasteiger partial charge in [0.15, 0.2) is 5.82 Å².